The Kier molecular flexibility index (Phi) is 4.71. The number of benzene rings is 1. The van der Waals surface area contributed by atoms with Crippen molar-refractivity contribution >= 4 is 11.8 Å². The molecule has 7 heteroatoms. The standard InChI is InChI=1S/C17H16N4O3/c22-16(18-11-15-3-1-10-24-15)12-19-17(23)13-4-6-14(7-5-13)21-9-2-8-20-21/h1-10H,11-12H2,(H,18,22)(H,19,23). The van der Waals surface area contributed by atoms with E-state index in [1.165, 1.54) is 6.26 Å². The Labute approximate surface area is 138 Å². The average Bonchev–Trinajstić information content (AvgIpc) is 3.31. The summed E-state index contributed by atoms with van der Waals surface area (Å²) in [4.78, 5) is 23.8. The molecule has 0 atom stereocenters. The molecule has 0 aliphatic heterocycles. The lowest BCUT2D eigenvalue weighted by Gasteiger charge is -2.07. The van der Waals surface area contributed by atoms with E-state index in [2.05, 4.69) is 15.7 Å². The largest absolute Gasteiger partial charge is 0.467 e. The number of aromatic nitrogens is 2. The fraction of sp³-hybridized carbons (Fsp3) is 0.118. The van der Waals surface area contributed by atoms with Gasteiger partial charge in [-0.1, -0.05) is 0 Å². The first-order valence-corrected chi connectivity index (χ1v) is 7.40. The number of nitrogens with one attached hydrogen (secondary N) is 2. The third-order valence-corrected chi connectivity index (χ3v) is 3.35. The van der Waals surface area contributed by atoms with Gasteiger partial charge in [-0.2, -0.15) is 5.10 Å². The highest BCUT2D eigenvalue weighted by Crippen LogP contribution is 2.08. The first-order chi connectivity index (χ1) is 11.7. The number of carbonyl (C=O) groups excluding carboxylic acids is 2. The molecule has 0 saturated heterocycles. The molecule has 2 amide bonds. The van der Waals surface area contributed by atoms with E-state index in [-0.39, 0.29) is 18.4 Å². The van der Waals surface area contributed by atoms with Gasteiger partial charge in [-0.15, -0.1) is 0 Å². The van der Waals surface area contributed by atoms with Crippen LogP contribution in [0, 0.1) is 0 Å². The third kappa shape index (κ3) is 3.89. The smallest absolute Gasteiger partial charge is 0.251 e. The van der Waals surface area contributed by atoms with Crippen molar-refractivity contribution < 1.29 is 14.0 Å². The Balaban J connectivity index is 1.48. The number of carbonyl (C=O) groups is 2. The van der Waals surface area contributed by atoms with Crippen LogP contribution in [0.4, 0.5) is 0 Å². The van der Waals surface area contributed by atoms with E-state index in [9.17, 15) is 9.59 Å². The first kappa shape index (κ1) is 15.5. The van der Waals surface area contributed by atoms with Crippen molar-refractivity contribution in [2.75, 3.05) is 6.54 Å². The molecule has 7 nitrogen and oxygen atoms in total. The topological polar surface area (TPSA) is 89.2 Å². The van der Waals surface area contributed by atoms with Gasteiger partial charge in [0.2, 0.25) is 5.91 Å². The summed E-state index contributed by atoms with van der Waals surface area (Å²) in [5.74, 6) is 0.0620. The van der Waals surface area contributed by atoms with Crippen molar-refractivity contribution in [1.82, 2.24) is 20.4 Å². The number of rotatable bonds is 6. The maximum atomic E-state index is 12.0. The summed E-state index contributed by atoms with van der Waals surface area (Å²) in [6, 6.07) is 12.3. The Bertz CT molecular complexity index is 793. The van der Waals surface area contributed by atoms with Crippen LogP contribution in [0.2, 0.25) is 0 Å². The van der Waals surface area contributed by atoms with Crippen molar-refractivity contribution in [3.05, 3.63) is 72.4 Å². The van der Waals surface area contributed by atoms with Gasteiger partial charge in [0, 0.05) is 18.0 Å². The van der Waals surface area contributed by atoms with E-state index in [1.807, 2.05) is 12.3 Å². The maximum absolute atomic E-state index is 12.0. The SMILES string of the molecule is O=C(CNC(=O)c1ccc(-n2cccn2)cc1)NCc1ccco1. The summed E-state index contributed by atoms with van der Waals surface area (Å²) >= 11 is 0. The van der Waals surface area contributed by atoms with Crippen LogP contribution in [0.15, 0.2) is 65.5 Å². The van der Waals surface area contributed by atoms with Gasteiger partial charge in [0.05, 0.1) is 25.0 Å². The normalized spacial score (nSPS) is 10.3. The molecule has 0 bridgehead atoms. The summed E-state index contributed by atoms with van der Waals surface area (Å²) < 4.78 is 6.81. The summed E-state index contributed by atoms with van der Waals surface area (Å²) in [6.07, 6.45) is 5.04. The van der Waals surface area contributed by atoms with E-state index in [4.69, 9.17) is 4.42 Å². The highest BCUT2D eigenvalue weighted by atomic mass is 16.3. The van der Waals surface area contributed by atoms with E-state index in [0.29, 0.717) is 17.9 Å². The maximum Gasteiger partial charge on any atom is 0.251 e. The second-order valence-electron chi connectivity index (χ2n) is 5.04. The quantitative estimate of drug-likeness (QED) is 0.719. The minimum Gasteiger partial charge on any atom is -0.467 e. The van der Waals surface area contributed by atoms with Gasteiger partial charge < -0.3 is 15.1 Å². The third-order valence-electron chi connectivity index (χ3n) is 3.35. The molecule has 0 saturated carbocycles. The lowest BCUT2D eigenvalue weighted by atomic mass is 10.2. The molecule has 2 N–H and O–H groups in total. The van der Waals surface area contributed by atoms with Gasteiger partial charge in [0.25, 0.3) is 5.91 Å². The van der Waals surface area contributed by atoms with E-state index in [1.54, 1.807) is 47.3 Å². The number of hydrogen-bond donors (Lipinski definition) is 2. The number of amides is 2. The second kappa shape index (κ2) is 7.28. The van der Waals surface area contributed by atoms with E-state index >= 15 is 0 Å². The summed E-state index contributed by atoms with van der Waals surface area (Å²) in [7, 11) is 0. The Hall–Kier alpha value is -3.35. The number of furan rings is 1. The van der Waals surface area contributed by atoms with Crippen LogP contribution < -0.4 is 10.6 Å². The minimum atomic E-state index is -0.310. The molecule has 2 aromatic heterocycles. The zero-order chi connectivity index (χ0) is 16.8. The minimum absolute atomic E-state index is 0.0968. The molecule has 3 aromatic rings. The molecule has 1 aromatic carbocycles. The lowest BCUT2D eigenvalue weighted by Crippen LogP contribution is -2.36. The number of hydrogen-bond acceptors (Lipinski definition) is 4. The van der Waals surface area contributed by atoms with Crippen LogP contribution in [0.25, 0.3) is 5.69 Å². The fourth-order valence-electron chi connectivity index (χ4n) is 2.11. The van der Waals surface area contributed by atoms with Gasteiger partial charge >= 0.3 is 0 Å². The van der Waals surface area contributed by atoms with Gasteiger partial charge in [-0.25, -0.2) is 4.68 Å². The van der Waals surface area contributed by atoms with Crippen LogP contribution in [-0.2, 0) is 11.3 Å². The van der Waals surface area contributed by atoms with Crippen LogP contribution in [0.3, 0.4) is 0 Å². The summed E-state index contributed by atoms with van der Waals surface area (Å²) in [5.41, 5.74) is 1.33. The summed E-state index contributed by atoms with van der Waals surface area (Å²) in [5, 5.41) is 9.36. The molecule has 24 heavy (non-hydrogen) atoms. The predicted octanol–water partition coefficient (Wildman–Crippen LogP) is 1.51. The zero-order valence-corrected chi connectivity index (χ0v) is 12.8. The molecule has 122 valence electrons. The lowest BCUT2D eigenvalue weighted by molar-refractivity contribution is -0.120. The van der Waals surface area contributed by atoms with Gasteiger partial charge in [-0.05, 0) is 42.5 Å². The molecule has 0 unspecified atom stereocenters. The van der Waals surface area contributed by atoms with Crippen molar-refractivity contribution in [2.24, 2.45) is 0 Å². The van der Waals surface area contributed by atoms with Crippen molar-refractivity contribution in [1.29, 1.82) is 0 Å². The molecule has 0 spiro atoms. The molecule has 0 aliphatic rings. The van der Waals surface area contributed by atoms with Crippen LogP contribution in [0.1, 0.15) is 16.1 Å². The van der Waals surface area contributed by atoms with Crippen LogP contribution in [-0.4, -0.2) is 28.1 Å². The van der Waals surface area contributed by atoms with E-state index < -0.39 is 0 Å². The van der Waals surface area contributed by atoms with Gasteiger partial charge in [-0.3, -0.25) is 9.59 Å². The van der Waals surface area contributed by atoms with Crippen LogP contribution in [0.5, 0.6) is 0 Å². The monoisotopic (exact) mass is 324 g/mol. The highest BCUT2D eigenvalue weighted by Gasteiger charge is 2.08. The second-order valence-corrected chi connectivity index (χ2v) is 5.04. The van der Waals surface area contributed by atoms with Crippen molar-refractivity contribution in [2.45, 2.75) is 6.54 Å². The predicted molar refractivity (Wildman–Crippen MR) is 86.5 cm³/mol. The van der Waals surface area contributed by atoms with Crippen LogP contribution >= 0.6 is 0 Å². The first-order valence-electron chi connectivity index (χ1n) is 7.40. The Morgan fingerprint density at radius 1 is 1.08 bits per heavy atom. The molecule has 2 heterocycles. The van der Waals surface area contributed by atoms with Gasteiger partial charge in [0.15, 0.2) is 0 Å². The number of nitrogens with zero attached hydrogens (tertiary/aromatic N) is 2. The zero-order valence-electron chi connectivity index (χ0n) is 12.8. The van der Waals surface area contributed by atoms with Gasteiger partial charge in [0.1, 0.15) is 5.76 Å². The summed E-state index contributed by atoms with van der Waals surface area (Å²) in [6.45, 7) is 0.195. The Morgan fingerprint density at radius 3 is 2.58 bits per heavy atom. The molecule has 0 radical (unpaired) electrons. The molecular formula is C17H16N4O3. The van der Waals surface area contributed by atoms with Crippen molar-refractivity contribution in [3.8, 4) is 5.69 Å². The average molecular weight is 324 g/mol. The molecule has 3 rings (SSSR count). The highest BCUT2D eigenvalue weighted by molar-refractivity contribution is 5.96. The van der Waals surface area contributed by atoms with Crippen molar-refractivity contribution in [3.63, 3.8) is 0 Å². The van der Waals surface area contributed by atoms with E-state index in [0.717, 1.165) is 5.69 Å². The Morgan fingerprint density at radius 2 is 1.92 bits per heavy atom. The molecular weight excluding hydrogens is 308 g/mol. The molecule has 0 aliphatic carbocycles. The molecule has 0 fully saturated rings. The fourth-order valence-corrected chi connectivity index (χ4v) is 2.11.